The molecule has 2 N–H and O–H groups in total. The highest BCUT2D eigenvalue weighted by molar-refractivity contribution is 5.55. The topological polar surface area (TPSA) is 38.7 Å². The molecule has 1 saturated heterocycles. The van der Waals surface area contributed by atoms with Gasteiger partial charge in [-0.1, -0.05) is 0 Å². The number of hydrogen-bond donors (Lipinski definition) is 2. The average molecular weight is 289 g/mol. The van der Waals surface area contributed by atoms with Crippen molar-refractivity contribution in [1.29, 1.82) is 0 Å². The minimum Gasteiger partial charge on any atom is -0.395 e. The molecular formula is C17H27N3O. The summed E-state index contributed by atoms with van der Waals surface area (Å²) < 4.78 is 0. The first-order valence-corrected chi connectivity index (χ1v) is 8.11. The number of nitrogens with zero attached hydrogens (tertiary/aromatic N) is 2. The molecular weight excluding hydrogens is 262 g/mol. The molecule has 3 rings (SSSR count). The van der Waals surface area contributed by atoms with Crippen molar-refractivity contribution >= 4 is 11.4 Å². The molecule has 2 aliphatic rings. The van der Waals surface area contributed by atoms with Crippen molar-refractivity contribution in [3.05, 3.63) is 24.3 Å². The van der Waals surface area contributed by atoms with Crippen LogP contribution >= 0.6 is 0 Å². The summed E-state index contributed by atoms with van der Waals surface area (Å²) in [6.07, 6.45) is 4.02. The molecule has 0 bridgehead atoms. The SMILES string of the molecule is CC1CC(Nc2ccc(N(C)CCO)cc2)CN1C1CC1. The molecule has 2 fully saturated rings. The first-order valence-electron chi connectivity index (χ1n) is 8.11. The lowest BCUT2D eigenvalue weighted by atomic mass is 10.1. The van der Waals surface area contributed by atoms with E-state index in [9.17, 15) is 0 Å². The fourth-order valence-corrected chi connectivity index (χ4v) is 3.40. The summed E-state index contributed by atoms with van der Waals surface area (Å²) in [5, 5.41) is 12.7. The van der Waals surface area contributed by atoms with E-state index in [0.717, 1.165) is 11.7 Å². The molecule has 1 aliphatic heterocycles. The number of anilines is 2. The van der Waals surface area contributed by atoms with Gasteiger partial charge in [-0.2, -0.15) is 0 Å². The summed E-state index contributed by atoms with van der Waals surface area (Å²) in [7, 11) is 2.00. The highest BCUT2D eigenvalue weighted by atomic mass is 16.3. The number of likely N-dealkylation sites (tertiary alicyclic amines) is 1. The van der Waals surface area contributed by atoms with Crippen LogP contribution < -0.4 is 10.2 Å². The van der Waals surface area contributed by atoms with Crippen LogP contribution in [-0.2, 0) is 0 Å². The Balaban J connectivity index is 1.55. The second-order valence-corrected chi connectivity index (χ2v) is 6.55. The molecule has 21 heavy (non-hydrogen) atoms. The van der Waals surface area contributed by atoms with E-state index in [0.29, 0.717) is 18.6 Å². The lowest BCUT2D eigenvalue weighted by Gasteiger charge is -2.20. The molecule has 1 aliphatic carbocycles. The van der Waals surface area contributed by atoms with Crippen molar-refractivity contribution in [2.24, 2.45) is 0 Å². The standard InChI is InChI=1S/C17H27N3O/c1-13-11-15(12-20(13)17-7-8-17)18-14-3-5-16(6-4-14)19(2)9-10-21/h3-6,13,15,17-18,21H,7-12H2,1-2H3. The summed E-state index contributed by atoms with van der Waals surface area (Å²) in [4.78, 5) is 4.73. The van der Waals surface area contributed by atoms with Crippen molar-refractivity contribution in [2.75, 3.05) is 37.0 Å². The Morgan fingerprint density at radius 3 is 2.62 bits per heavy atom. The second-order valence-electron chi connectivity index (χ2n) is 6.55. The van der Waals surface area contributed by atoms with Crippen LogP contribution in [0.25, 0.3) is 0 Å². The summed E-state index contributed by atoms with van der Waals surface area (Å²) in [6.45, 7) is 4.39. The van der Waals surface area contributed by atoms with E-state index in [1.54, 1.807) is 0 Å². The van der Waals surface area contributed by atoms with Crippen LogP contribution in [0.3, 0.4) is 0 Å². The molecule has 4 nitrogen and oxygen atoms in total. The number of nitrogens with one attached hydrogen (secondary N) is 1. The van der Waals surface area contributed by atoms with Crippen molar-refractivity contribution in [2.45, 2.75) is 44.3 Å². The predicted molar refractivity (Wildman–Crippen MR) is 88.0 cm³/mol. The molecule has 0 spiro atoms. The zero-order chi connectivity index (χ0) is 14.8. The fourth-order valence-electron chi connectivity index (χ4n) is 3.40. The first-order chi connectivity index (χ1) is 10.2. The van der Waals surface area contributed by atoms with E-state index in [-0.39, 0.29) is 6.61 Å². The molecule has 1 heterocycles. The Bertz CT molecular complexity index is 458. The molecule has 2 atom stereocenters. The minimum absolute atomic E-state index is 0.188. The van der Waals surface area contributed by atoms with Gasteiger partial charge < -0.3 is 15.3 Å². The van der Waals surface area contributed by atoms with Gasteiger partial charge in [0.25, 0.3) is 0 Å². The quantitative estimate of drug-likeness (QED) is 0.842. The largest absolute Gasteiger partial charge is 0.395 e. The molecule has 1 saturated carbocycles. The molecule has 1 aromatic rings. The van der Waals surface area contributed by atoms with Gasteiger partial charge >= 0.3 is 0 Å². The Morgan fingerprint density at radius 1 is 1.29 bits per heavy atom. The summed E-state index contributed by atoms with van der Waals surface area (Å²) >= 11 is 0. The normalized spacial score (nSPS) is 26.0. The van der Waals surface area contributed by atoms with Gasteiger partial charge in [0.1, 0.15) is 0 Å². The highest BCUT2D eigenvalue weighted by Crippen LogP contribution is 2.34. The van der Waals surface area contributed by atoms with Crippen LogP contribution in [0.1, 0.15) is 26.2 Å². The third-order valence-corrected chi connectivity index (χ3v) is 4.75. The maximum Gasteiger partial charge on any atom is 0.0606 e. The van der Waals surface area contributed by atoms with E-state index in [2.05, 4.69) is 46.3 Å². The van der Waals surface area contributed by atoms with Gasteiger partial charge in [-0.25, -0.2) is 0 Å². The van der Waals surface area contributed by atoms with E-state index in [4.69, 9.17) is 5.11 Å². The van der Waals surface area contributed by atoms with Gasteiger partial charge in [-0.05, 0) is 50.5 Å². The zero-order valence-corrected chi connectivity index (χ0v) is 13.1. The molecule has 4 heteroatoms. The van der Waals surface area contributed by atoms with Crippen molar-refractivity contribution in [3.63, 3.8) is 0 Å². The molecule has 0 radical (unpaired) electrons. The molecule has 1 aromatic carbocycles. The number of benzene rings is 1. The predicted octanol–water partition coefficient (Wildman–Crippen LogP) is 2.15. The monoisotopic (exact) mass is 289 g/mol. The fraction of sp³-hybridized carbons (Fsp3) is 0.647. The Hall–Kier alpha value is -1.26. The number of rotatable bonds is 6. The van der Waals surface area contributed by atoms with Crippen molar-refractivity contribution in [1.82, 2.24) is 4.90 Å². The third kappa shape index (κ3) is 3.50. The van der Waals surface area contributed by atoms with Crippen LogP contribution in [0.5, 0.6) is 0 Å². The molecule has 0 amide bonds. The first kappa shape index (κ1) is 14.7. The van der Waals surface area contributed by atoms with Crippen LogP contribution in [0.2, 0.25) is 0 Å². The van der Waals surface area contributed by atoms with Gasteiger partial charge in [-0.15, -0.1) is 0 Å². The molecule has 116 valence electrons. The van der Waals surface area contributed by atoms with Gasteiger partial charge in [0.05, 0.1) is 6.61 Å². The van der Waals surface area contributed by atoms with E-state index in [1.807, 2.05) is 7.05 Å². The highest BCUT2D eigenvalue weighted by Gasteiger charge is 2.38. The van der Waals surface area contributed by atoms with Crippen LogP contribution in [0.15, 0.2) is 24.3 Å². The smallest absolute Gasteiger partial charge is 0.0606 e. The summed E-state index contributed by atoms with van der Waals surface area (Å²) in [5.74, 6) is 0. The molecule has 2 unspecified atom stereocenters. The lowest BCUT2D eigenvalue weighted by Crippen LogP contribution is -2.31. The molecule has 0 aromatic heterocycles. The van der Waals surface area contributed by atoms with Gasteiger partial charge in [-0.3, -0.25) is 4.90 Å². The Morgan fingerprint density at radius 2 is 2.00 bits per heavy atom. The lowest BCUT2D eigenvalue weighted by molar-refractivity contribution is 0.257. The van der Waals surface area contributed by atoms with Crippen LogP contribution in [0, 0.1) is 0 Å². The van der Waals surface area contributed by atoms with Crippen molar-refractivity contribution < 1.29 is 5.11 Å². The van der Waals surface area contributed by atoms with Crippen LogP contribution in [0.4, 0.5) is 11.4 Å². The van der Waals surface area contributed by atoms with E-state index >= 15 is 0 Å². The van der Waals surface area contributed by atoms with E-state index in [1.165, 1.54) is 31.5 Å². The minimum atomic E-state index is 0.188. The van der Waals surface area contributed by atoms with Crippen LogP contribution in [-0.4, -0.2) is 54.9 Å². The van der Waals surface area contributed by atoms with Gasteiger partial charge in [0, 0.05) is 49.6 Å². The maximum absolute atomic E-state index is 8.98. The Labute approximate surface area is 127 Å². The van der Waals surface area contributed by atoms with Crippen molar-refractivity contribution in [3.8, 4) is 0 Å². The van der Waals surface area contributed by atoms with E-state index < -0.39 is 0 Å². The number of likely N-dealkylation sites (N-methyl/N-ethyl adjacent to an activating group) is 1. The maximum atomic E-state index is 8.98. The number of aliphatic hydroxyl groups excluding tert-OH is 1. The number of hydrogen-bond acceptors (Lipinski definition) is 4. The van der Waals surface area contributed by atoms with Gasteiger partial charge in [0.2, 0.25) is 0 Å². The van der Waals surface area contributed by atoms with Gasteiger partial charge in [0.15, 0.2) is 0 Å². The summed E-state index contributed by atoms with van der Waals surface area (Å²) in [6, 6.07) is 10.7. The number of aliphatic hydroxyl groups is 1. The zero-order valence-electron chi connectivity index (χ0n) is 13.1. The summed E-state index contributed by atoms with van der Waals surface area (Å²) in [5.41, 5.74) is 2.35. The Kier molecular flexibility index (Phi) is 4.36. The second kappa shape index (κ2) is 6.24. The third-order valence-electron chi connectivity index (χ3n) is 4.75. The average Bonchev–Trinajstić information content (AvgIpc) is 3.24.